The van der Waals surface area contributed by atoms with Crippen molar-refractivity contribution >= 4 is 5.91 Å². The van der Waals surface area contributed by atoms with E-state index in [9.17, 15) is 14.3 Å². The number of benzene rings is 1. The van der Waals surface area contributed by atoms with Crippen molar-refractivity contribution in [1.29, 1.82) is 0 Å². The van der Waals surface area contributed by atoms with E-state index in [1.807, 2.05) is 0 Å². The monoisotopic (exact) mass is 221 g/mol. The Balaban J connectivity index is 2.68. The highest BCUT2D eigenvalue weighted by atomic mass is 19.1. The van der Waals surface area contributed by atoms with E-state index in [1.54, 1.807) is 6.92 Å². The fraction of sp³-hybridized carbons (Fsp3) is 0.250. The molecule has 0 saturated carbocycles. The normalized spacial score (nSPS) is 9.12. The lowest BCUT2D eigenvalue weighted by molar-refractivity contribution is 0.0947. The number of carbonyl (C=O) groups is 1. The van der Waals surface area contributed by atoms with Crippen LogP contribution in [0.2, 0.25) is 0 Å². The Morgan fingerprint density at radius 2 is 2.31 bits per heavy atom. The Labute approximate surface area is 93.3 Å². The maximum atomic E-state index is 13.2. The lowest BCUT2D eigenvalue weighted by atomic mass is 10.1. The van der Waals surface area contributed by atoms with Crippen molar-refractivity contribution in [3.63, 3.8) is 0 Å². The summed E-state index contributed by atoms with van der Waals surface area (Å²) in [7, 11) is 0. The van der Waals surface area contributed by atoms with Crippen LogP contribution in [0.3, 0.4) is 0 Å². The lowest BCUT2D eigenvalue weighted by Crippen LogP contribution is -2.25. The summed E-state index contributed by atoms with van der Waals surface area (Å²) in [6.45, 7) is 2.03. The first-order valence-corrected chi connectivity index (χ1v) is 4.82. The predicted molar refractivity (Wildman–Crippen MR) is 58.5 cm³/mol. The van der Waals surface area contributed by atoms with Crippen molar-refractivity contribution in [2.45, 2.75) is 13.3 Å². The molecule has 3 nitrogen and oxygen atoms in total. The van der Waals surface area contributed by atoms with Gasteiger partial charge in [0.25, 0.3) is 5.91 Å². The van der Waals surface area contributed by atoms with Gasteiger partial charge in [0.05, 0.1) is 0 Å². The van der Waals surface area contributed by atoms with E-state index in [-0.39, 0.29) is 11.3 Å². The van der Waals surface area contributed by atoms with Crippen molar-refractivity contribution in [3.05, 3.63) is 29.6 Å². The first-order valence-electron chi connectivity index (χ1n) is 4.82. The minimum Gasteiger partial charge on any atom is -0.507 e. The summed E-state index contributed by atoms with van der Waals surface area (Å²) < 4.78 is 13.2. The second kappa shape index (κ2) is 5.76. The van der Waals surface area contributed by atoms with Crippen LogP contribution in [0.15, 0.2) is 18.2 Å². The van der Waals surface area contributed by atoms with Crippen LogP contribution in [0.4, 0.5) is 4.39 Å². The summed E-state index contributed by atoms with van der Waals surface area (Å²) in [5.74, 6) is 3.71. The quantitative estimate of drug-likeness (QED) is 0.602. The first-order chi connectivity index (χ1) is 7.66. The van der Waals surface area contributed by atoms with Crippen molar-refractivity contribution < 1.29 is 14.3 Å². The minimum absolute atomic E-state index is 0.327. The first kappa shape index (κ1) is 12.1. The van der Waals surface area contributed by atoms with Crippen LogP contribution in [0.5, 0.6) is 5.75 Å². The molecule has 0 fully saturated rings. The Bertz CT molecular complexity index is 426. The predicted octanol–water partition coefficient (Wildman–Crippen LogP) is 1.67. The fourth-order valence-electron chi connectivity index (χ4n) is 1.19. The van der Waals surface area contributed by atoms with E-state index in [2.05, 4.69) is 17.2 Å². The molecule has 0 bridgehead atoms. The molecule has 4 heteroatoms. The van der Waals surface area contributed by atoms with Crippen LogP contribution >= 0.6 is 0 Å². The Kier molecular flexibility index (Phi) is 4.34. The molecule has 0 saturated heterocycles. The van der Waals surface area contributed by atoms with Gasteiger partial charge in [-0.3, -0.25) is 4.79 Å². The van der Waals surface area contributed by atoms with Crippen molar-refractivity contribution in [2.75, 3.05) is 6.54 Å². The van der Waals surface area contributed by atoms with Gasteiger partial charge in [-0.15, -0.1) is 11.8 Å². The van der Waals surface area contributed by atoms with Gasteiger partial charge in [-0.25, -0.2) is 4.39 Å². The maximum Gasteiger partial charge on any atom is 0.258 e. The average Bonchev–Trinajstić information content (AvgIpc) is 2.24. The zero-order valence-corrected chi connectivity index (χ0v) is 8.88. The van der Waals surface area contributed by atoms with Crippen LogP contribution in [-0.2, 0) is 0 Å². The minimum atomic E-state index is -0.737. The van der Waals surface area contributed by atoms with Gasteiger partial charge in [0.2, 0.25) is 0 Å². The molecule has 0 spiro atoms. The largest absolute Gasteiger partial charge is 0.507 e. The molecule has 2 N–H and O–H groups in total. The molecule has 1 amide bonds. The molecule has 0 heterocycles. The van der Waals surface area contributed by atoms with Gasteiger partial charge in [-0.05, 0) is 19.1 Å². The van der Waals surface area contributed by atoms with E-state index in [4.69, 9.17) is 0 Å². The van der Waals surface area contributed by atoms with Crippen LogP contribution in [0, 0.1) is 17.7 Å². The van der Waals surface area contributed by atoms with E-state index >= 15 is 0 Å². The molecule has 1 aromatic rings. The van der Waals surface area contributed by atoms with Gasteiger partial charge in [-0.1, -0.05) is 6.07 Å². The summed E-state index contributed by atoms with van der Waals surface area (Å²) in [6, 6.07) is 3.73. The molecular weight excluding hydrogens is 209 g/mol. The van der Waals surface area contributed by atoms with Crippen LogP contribution in [0.25, 0.3) is 0 Å². The van der Waals surface area contributed by atoms with Gasteiger partial charge in [0.15, 0.2) is 0 Å². The highest BCUT2D eigenvalue weighted by Crippen LogP contribution is 2.19. The third-order valence-corrected chi connectivity index (χ3v) is 1.93. The third-order valence-electron chi connectivity index (χ3n) is 1.93. The number of phenolic OH excluding ortho intramolecular Hbond substituents is 1. The fourth-order valence-corrected chi connectivity index (χ4v) is 1.19. The molecule has 16 heavy (non-hydrogen) atoms. The molecule has 0 atom stereocenters. The molecule has 84 valence electrons. The molecule has 0 aliphatic carbocycles. The number of amides is 1. The zero-order valence-electron chi connectivity index (χ0n) is 8.88. The highest BCUT2D eigenvalue weighted by molar-refractivity contribution is 5.97. The number of halogens is 1. The smallest absolute Gasteiger partial charge is 0.258 e. The van der Waals surface area contributed by atoms with Crippen LogP contribution < -0.4 is 5.32 Å². The van der Waals surface area contributed by atoms with Crippen LogP contribution in [-0.4, -0.2) is 17.6 Å². The number of hydrogen-bond acceptors (Lipinski definition) is 2. The molecule has 0 aliphatic rings. The van der Waals surface area contributed by atoms with Gasteiger partial charge >= 0.3 is 0 Å². The Hall–Kier alpha value is -2.02. The maximum absolute atomic E-state index is 13.2. The molecule has 0 unspecified atom stereocenters. The van der Waals surface area contributed by atoms with E-state index in [0.29, 0.717) is 13.0 Å². The zero-order chi connectivity index (χ0) is 12.0. The van der Waals surface area contributed by atoms with Gasteiger partial charge in [0.1, 0.15) is 17.1 Å². The molecule has 0 radical (unpaired) electrons. The van der Waals surface area contributed by atoms with E-state index in [1.165, 1.54) is 12.1 Å². The topological polar surface area (TPSA) is 49.3 Å². The highest BCUT2D eigenvalue weighted by Gasteiger charge is 2.15. The summed E-state index contributed by atoms with van der Waals surface area (Å²) >= 11 is 0. The molecule has 1 rings (SSSR count). The summed E-state index contributed by atoms with van der Waals surface area (Å²) in [4.78, 5) is 11.5. The van der Waals surface area contributed by atoms with Gasteiger partial charge in [0, 0.05) is 13.0 Å². The number of aromatic hydroxyl groups is 1. The summed E-state index contributed by atoms with van der Waals surface area (Å²) in [6.07, 6.45) is 0.497. The van der Waals surface area contributed by atoms with Crippen molar-refractivity contribution in [2.24, 2.45) is 0 Å². The van der Waals surface area contributed by atoms with Crippen molar-refractivity contribution in [1.82, 2.24) is 5.32 Å². The number of phenols is 1. The van der Waals surface area contributed by atoms with Crippen molar-refractivity contribution in [3.8, 4) is 17.6 Å². The summed E-state index contributed by atoms with van der Waals surface area (Å²) in [5.41, 5.74) is -0.327. The molecule has 0 aromatic heterocycles. The molecule has 0 aliphatic heterocycles. The second-order valence-electron chi connectivity index (χ2n) is 3.07. The molecule has 1 aromatic carbocycles. The van der Waals surface area contributed by atoms with Gasteiger partial charge in [-0.2, -0.15) is 0 Å². The third kappa shape index (κ3) is 2.99. The second-order valence-corrected chi connectivity index (χ2v) is 3.07. The lowest BCUT2D eigenvalue weighted by Gasteiger charge is -2.05. The van der Waals surface area contributed by atoms with E-state index < -0.39 is 11.7 Å². The number of nitrogens with one attached hydrogen (secondary N) is 1. The Morgan fingerprint density at radius 1 is 1.56 bits per heavy atom. The molecular formula is C12H12FNO2. The summed E-state index contributed by atoms with van der Waals surface area (Å²) in [5, 5.41) is 11.8. The number of carbonyl (C=O) groups excluding carboxylic acids is 1. The number of hydrogen-bond donors (Lipinski definition) is 2. The van der Waals surface area contributed by atoms with Crippen LogP contribution in [0.1, 0.15) is 23.7 Å². The van der Waals surface area contributed by atoms with E-state index in [0.717, 1.165) is 6.07 Å². The average molecular weight is 221 g/mol. The Morgan fingerprint density at radius 3 is 2.94 bits per heavy atom. The van der Waals surface area contributed by atoms with Gasteiger partial charge < -0.3 is 10.4 Å². The number of rotatable bonds is 3. The standard InChI is InChI=1S/C12H12FNO2/c1-2-3-4-8-14-12(16)11-9(13)6-5-7-10(11)15/h5-7,15H,4,8H2,1H3,(H,14,16). The SMILES string of the molecule is CC#CCCNC(=O)c1c(O)cccc1F.